The summed E-state index contributed by atoms with van der Waals surface area (Å²) in [7, 11) is 0. The molecule has 0 aromatic heterocycles. The fourth-order valence-corrected chi connectivity index (χ4v) is 1.11. The van der Waals surface area contributed by atoms with Gasteiger partial charge in [0, 0.05) is 11.1 Å². The third-order valence-corrected chi connectivity index (χ3v) is 1.76. The normalized spacial score (nSPS) is 9.31. The molecule has 0 fully saturated rings. The van der Waals surface area contributed by atoms with Gasteiger partial charge in [0.05, 0.1) is 0 Å². The maximum Gasteiger partial charge on any atom is 0.185 e. The average Bonchev–Trinajstić information content (AvgIpc) is 2.16. The van der Waals surface area contributed by atoms with Crippen LogP contribution in [0.3, 0.4) is 0 Å². The maximum atomic E-state index is 11.3. The highest BCUT2D eigenvalue weighted by Crippen LogP contribution is 2.10. The topological polar surface area (TPSA) is 34.1 Å². The summed E-state index contributed by atoms with van der Waals surface area (Å²) in [5.41, 5.74) is 0.873. The van der Waals surface area contributed by atoms with Crippen molar-refractivity contribution in [2.75, 3.05) is 0 Å². The predicted molar refractivity (Wildman–Crippen MR) is 51.0 cm³/mol. The second-order valence-electron chi connectivity index (χ2n) is 2.67. The van der Waals surface area contributed by atoms with Gasteiger partial charge in [-0.25, -0.2) is 0 Å². The summed E-state index contributed by atoms with van der Waals surface area (Å²) < 4.78 is 0. The minimum absolute atomic E-state index is 0.106. The van der Waals surface area contributed by atoms with Gasteiger partial charge in [-0.1, -0.05) is 30.8 Å². The van der Waals surface area contributed by atoms with Crippen molar-refractivity contribution in [2.24, 2.45) is 0 Å². The van der Waals surface area contributed by atoms with E-state index in [1.807, 2.05) is 0 Å². The van der Waals surface area contributed by atoms with E-state index in [1.54, 1.807) is 24.3 Å². The highest BCUT2D eigenvalue weighted by Gasteiger charge is 2.10. The predicted octanol–water partition coefficient (Wildman–Crippen LogP) is 2.26. The molecular weight excluding hydrogens is 164 g/mol. The van der Waals surface area contributed by atoms with Crippen LogP contribution in [0.4, 0.5) is 0 Å². The number of carbonyl (C=O) groups excluding carboxylic acids is 2. The number of rotatable bonds is 3. The van der Waals surface area contributed by atoms with Crippen molar-refractivity contribution in [1.29, 1.82) is 0 Å². The van der Waals surface area contributed by atoms with Crippen LogP contribution in [-0.2, 0) is 0 Å². The third kappa shape index (κ3) is 1.90. The Hall–Kier alpha value is -1.70. The summed E-state index contributed by atoms with van der Waals surface area (Å²) in [6.45, 7) is 4.82. The van der Waals surface area contributed by atoms with Crippen molar-refractivity contribution < 1.29 is 9.59 Å². The lowest BCUT2D eigenvalue weighted by Crippen LogP contribution is -2.03. The van der Waals surface area contributed by atoms with Crippen LogP contribution in [0.2, 0.25) is 0 Å². The van der Waals surface area contributed by atoms with Gasteiger partial charge in [-0.2, -0.15) is 0 Å². The van der Waals surface area contributed by atoms with E-state index < -0.39 is 0 Å². The highest BCUT2D eigenvalue weighted by atomic mass is 16.1. The molecule has 1 aromatic carbocycles. The fraction of sp³-hybridized carbons (Fsp3) is 0.0909. The van der Waals surface area contributed by atoms with Crippen LogP contribution >= 0.6 is 0 Å². The second kappa shape index (κ2) is 3.81. The Bertz CT molecular complexity index is 364. The molecule has 0 N–H and O–H groups in total. The van der Waals surface area contributed by atoms with Crippen molar-refractivity contribution in [1.82, 2.24) is 0 Å². The minimum Gasteiger partial charge on any atom is -0.294 e. The summed E-state index contributed by atoms with van der Waals surface area (Å²) in [5.74, 6) is -0.323. The summed E-state index contributed by atoms with van der Waals surface area (Å²) >= 11 is 0. The lowest BCUT2D eigenvalue weighted by Gasteiger charge is -2.01. The van der Waals surface area contributed by atoms with Crippen molar-refractivity contribution >= 4 is 11.6 Å². The lowest BCUT2D eigenvalue weighted by atomic mass is 10.0. The Morgan fingerprint density at radius 2 is 1.77 bits per heavy atom. The van der Waals surface area contributed by atoms with Crippen LogP contribution in [-0.4, -0.2) is 11.6 Å². The van der Waals surface area contributed by atoms with E-state index in [9.17, 15) is 9.59 Å². The monoisotopic (exact) mass is 174 g/mol. The van der Waals surface area contributed by atoms with Crippen LogP contribution in [0.25, 0.3) is 0 Å². The van der Waals surface area contributed by atoms with E-state index in [-0.39, 0.29) is 11.6 Å². The maximum absolute atomic E-state index is 11.3. The van der Waals surface area contributed by atoms with E-state index in [4.69, 9.17) is 0 Å². The van der Waals surface area contributed by atoms with Crippen LogP contribution in [0.1, 0.15) is 27.6 Å². The second-order valence-corrected chi connectivity index (χ2v) is 2.67. The molecule has 1 rings (SSSR count). The summed E-state index contributed by atoms with van der Waals surface area (Å²) in [6.07, 6.45) is 1.21. The van der Waals surface area contributed by atoms with E-state index in [2.05, 4.69) is 6.58 Å². The molecule has 0 radical (unpaired) electrons. The molecule has 0 aliphatic carbocycles. The largest absolute Gasteiger partial charge is 0.294 e. The SMILES string of the molecule is C=CC(=O)c1ccccc1C(C)=O. The van der Waals surface area contributed by atoms with Gasteiger partial charge in [-0.3, -0.25) is 9.59 Å². The average molecular weight is 174 g/mol. The first kappa shape index (κ1) is 9.39. The molecule has 66 valence electrons. The Kier molecular flexibility index (Phi) is 2.75. The Morgan fingerprint density at radius 1 is 1.23 bits per heavy atom. The molecule has 1 aromatic rings. The molecule has 2 heteroatoms. The number of benzene rings is 1. The van der Waals surface area contributed by atoms with E-state index >= 15 is 0 Å². The van der Waals surface area contributed by atoms with Gasteiger partial charge in [-0.15, -0.1) is 0 Å². The molecule has 0 amide bonds. The van der Waals surface area contributed by atoms with Crippen molar-refractivity contribution in [3.63, 3.8) is 0 Å². The number of ketones is 2. The number of Topliss-reactive ketones (excluding diaryl/α,β-unsaturated/α-hetero) is 1. The quantitative estimate of drug-likeness (QED) is 0.520. The Labute approximate surface area is 76.9 Å². The first-order valence-corrected chi connectivity index (χ1v) is 3.93. The summed E-state index contributed by atoms with van der Waals surface area (Å²) in [6, 6.07) is 6.72. The molecule has 0 atom stereocenters. The van der Waals surface area contributed by atoms with Crippen molar-refractivity contribution in [3.8, 4) is 0 Å². The molecule has 0 saturated heterocycles. The molecular formula is C11H10O2. The summed E-state index contributed by atoms with van der Waals surface area (Å²) in [4.78, 5) is 22.4. The zero-order valence-electron chi connectivity index (χ0n) is 7.41. The van der Waals surface area contributed by atoms with Crippen LogP contribution in [0.15, 0.2) is 36.9 Å². The minimum atomic E-state index is -0.217. The molecule has 2 nitrogen and oxygen atoms in total. The highest BCUT2D eigenvalue weighted by molar-refractivity contribution is 6.12. The number of hydrogen-bond acceptors (Lipinski definition) is 2. The van der Waals surface area contributed by atoms with Crippen LogP contribution in [0, 0.1) is 0 Å². The number of carbonyl (C=O) groups is 2. The molecule has 0 aliphatic rings. The van der Waals surface area contributed by atoms with E-state index in [0.717, 1.165) is 0 Å². The molecule has 0 unspecified atom stereocenters. The van der Waals surface area contributed by atoms with Gasteiger partial charge in [0.15, 0.2) is 11.6 Å². The van der Waals surface area contributed by atoms with Crippen LogP contribution < -0.4 is 0 Å². The molecule has 0 spiro atoms. The lowest BCUT2D eigenvalue weighted by molar-refractivity contribution is 0.0993. The first-order chi connectivity index (χ1) is 6.16. The standard InChI is InChI=1S/C11H10O2/c1-3-11(13)10-7-5-4-6-9(10)8(2)12/h3-7H,1H2,2H3. The Balaban J connectivity index is 3.27. The van der Waals surface area contributed by atoms with Gasteiger partial charge in [0.1, 0.15) is 0 Å². The first-order valence-electron chi connectivity index (χ1n) is 3.93. The van der Waals surface area contributed by atoms with Gasteiger partial charge in [0.2, 0.25) is 0 Å². The smallest absolute Gasteiger partial charge is 0.185 e. The van der Waals surface area contributed by atoms with Crippen molar-refractivity contribution in [2.45, 2.75) is 6.92 Å². The molecule has 13 heavy (non-hydrogen) atoms. The number of hydrogen-bond donors (Lipinski definition) is 0. The number of allylic oxidation sites excluding steroid dienone is 1. The van der Waals surface area contributed by atoms with Gasteiger partial charge in [-0.05, 0) is 13.0 Å². The van der Waals surface area contributed by atoms with Gasteiger partial charge < -0.3 is 0 Å². The Morgan fingerprint density at radius 3 is 2.23 bits per heavy atom. The zero-order valence-corrected chi connectivity index (χ0v) is 7.41. The zero-order chi connectivity index (χ0) is 9.84. The third-order valence-electron chi connectivity index (χ3n) is 1.76. The van der Waals surface area contributed by atoms with Gasteiger partial charge >= 0.3 is 0 Å². The van der Waals surface area contributed by atoms with Crippen LogP contribution in [0.5, 0.6) is 0 Å². The molecule has 0 bridgehead atoms. The molecule has 0 aliphatic heterocycles. The fourth-order valence-electron chi connectivity index (χ4n) is 1.11. The van der Waals surface area contributed by atoms with Crippen molar-refractivity contribution in [3.05, 3.63) is 48.0 Å². The molecule has 0 saturated carbocycles. The van der Waals surface area contributed by atoms with E-state index in [0.29, 0.717) is 11.1 Å². The van der Waals surface area contributed by atoms with E-state index in [1.165, 1.54) is 13.0 Å². The van der Waals surface area contributed by atoms with Gasteiger partial charge in [0.25, 0.3) is 0 Å². The molecule has 0 heterocycles. The summed E-state index contributed by atoms with van der Waals surface area (Å²) in [5, 5.41) is 0.